The van der Waals surface area contributed by atoms with Crippen LogP contribution in [-0.4, -0.2) is 64.0 Å². The average molecular weight is 384 g/mol. The van der Waals surface area contributed by atoms with Crippen molar-refractivity contribution in [2.24, 2.45) is 0 Å². The minimum atomic E-state index is -0.304. The summed E-state index contributed by atoms with van der Waals surface area (Å²) in [6, 6.07) is 5.92. The lowest BCUT2D eigenvalue weighted by Crippen LogP contribution is -2.50. The number of hydrogen-bond donors (Lipinski definition) is 0. The fourth-order valence-electron chi connectivity index (χ4n) is 4.32. The molecule has 0 spiro atoms. The minimum absolute atomic E-state index is 0.0470. The summed E-state index contributed by atoms with van der Waals surface area (Å²) >= 11 is 0. The van der Waals surface area contributed by atoms with Crippen molar-refractivity contribution in [2.75, 3.05) is 32.8 Å². The van der Waals surface area contributed by atoms with E-state index in [4.69, 9.17) is 9.72 Å². The third-order valence-corrected chi connectivity index (χ3v) is 5.84. The van der Waals surface area contributed by atoms with Crippen LogP contribution in [0.3, 0.4) is 0 Å². The molecule has 7 nitrogen and oxygen atoms in total. The van der Waals surface area contributed by atoms with Gasteiger partial charge in [-0.3, -0.25) is 4.79 Å². The van der Waals surface area contributed by atoms with Crippen LogP contribution in [0.2, 0.25) is 0 Å². The summed E-state index contributed by atoms with van der Waals surface area (Å²) in [5.41, 5.74) is 1.41. The van der Waals surface area contributed by atoms with E-state index in [1.807, 2.05) is 24.4 Å². The topological polar surface area (TPSA) is 67.2 Å². The van der Waals surface area contributed by atoms with Crippen LogP contribution >= 0.6 is 0 Å². The van der Waals surface area contributed by atoms with Crippen LogP contribution < -0.4 is 0 Å². The molecule has 4 rings (SSSR count). The first-order chi connectivity index (χ1) is 13.7. The number of rotatable bonds is 3. The van der Waals surface area contributed by atoms with Crippen molar-refractivity contribution in [3.63, 3.8) is 0 Å². The van der Waals surface area contributed by atoms with Crippen molar-refractivity contribution in [1.82, 2.24) is 19.2 Å². The molecule has 0 aromatic carbocycles. The highest BCUT2D eigenvalue weighted by molar-refractivity contribution is 5.99. The van der Waals surface area contributed by atoms with Gasteiger partial charge in [0, 0.05) is 38.3 Å². The van der Waals surface area contributed by atoms with Gasteiger partial charge in [-0.05, 0) is 31.9 Å². The molecule has 28 heavy (non-hydrogen) atoms. The number of aromatic nitrogens is 2. The molecular weight excluding hydrogens is 356 g/mol. The fraction of sp³-hybridized carbons (Fsp3) is 0.571. The number of carbonyl (C=O) groups is 2. The summed E-state index contributed by atoms with van der Waals surface area (Å²) in [4.78, 5) is 33.4. The van der Waals surface area contributed by atoms with Gasteiger partial charge in [-0.1, -0.05) is 25.3 Å². The summed E-state index contributed by atoms with van der Waals surface area (Å²) in [5.74, 6) is 1.39. The molecule has 1 aliphatic carbocycles. The molecule has 2 aromatic heterocycles. The summed E-state index contributed by atoms with van der Waals surface area (Å²) in [5, 5.41) is 0. The Balaban J connectivity index is 1.54. The Kier molecular flexibility index (Phi) is 5.50. The van der Waals surface area contributed by atoms with E-state index >= 15 is 0 Å². The summed E-state index contributed by atoms with van der Waals surface area (Å²) in [6.45, 7) is 4.15. The monoisotopic (exact) mass is 384 g/mol. The van der Waals surface area contributed by atoms with Crippen LogP contribution in [-0.2, 0) is 4.74 Å². The van der Waals surface area contributed by atoms with Crippen molar-refractivity contribution < 1.29 is 14.3 Å². The Bertz CT molecular complexity index is 848. The molecule has 2 amide bonds. The number of imidazole rings is 1. The normalized spacial score (nSPS) is 18.5. The number of hydrogen-bond acceptors (Lipinski definition) is 4. The summed E-state index contributed by atoms with van der Waals surface area (Å²) in [7, 11) is 0. The molecule has 1 aliphatic heterocycles. The maximum atomic E-state index is 13.2. The Labute approximate surface area is 165 Å². The van der Waals surface area contributed by atoms with Gasteiger partial charge < -0.3 is 18.9 Å². The number of nitrogens with zero attached hydrogens (tertiary/aromatic N) is 4. The van der Waals surface area contributed by atoms with Gasteiger partial charge in [0.1, 0.15) is 5.82 Å². The predicted octanol–water partition coefficient (Wildman–Crippen LogP) is 3.30. The molecule has 7 heteroatoms. The van der Waals surface area contributed by atoms with Gasteiger partial charge in [-0.25, -0.2) is 9.78 Å². The van der Waals surface area contributed by atoms with Gasteiger partial charge in [0.25, 0.3) is 5.91 Å². The molecular formula is C21H28N4O3. The number of ether oxygens (including phenoxy) is 1. The van der Waals surface area contributed by atoms with Gasteiger partial charge in [0.05, 0.1) is 12.1 Å². The van der Waals surface area contributed by atoms with Crippen molar-refractivity contribution in [2.45, 2.75) is 44.9 Å². The predicted molar refractivity (Wildman–Crippen MR) is 106 cm³/mol. The van der Waals surface area contributed by atoms with E-state index in [0.717, 1.165) is 24.2 Å². The molecule has 150 valence electrons. The van der Waals surface area contributed by atoms with Crippen LogP contribution in [0.1, 0.15) is 61.3 Å². The van der Waals surface area contributed by atoms with E-state index in [1.54, 1.807) is 16.7 Å². The summed E-state index contributed by atoms with van der Waals surface area (Å²) in [6.07, 6.45) is 7.73. The van der Waals surface area contributed by atoms with Crippen LogP contribution in [0.25, 0.3) is 5.52 Å². The first-order valence-electron chi connectivity index (χ1n) is 10.4. The Morgan fingerprint density at radius 3 is 2.50 bits per heavy atom. The molecule has 2 aliphatic rings. The van der Waals surface area contributed by atoms with Crippen LogP contribution in [0.5, 0.6) is 0 Å². The van der Waals surface area contributed by atoms with Gasteiger partial charge in [0.15, 0.2) is 5.69 Å². The Hall–Kier alpha value is -2.57. The fourth-order valence-corrected chi connectivity index (χ4v) is 4.32. The first kappa shape index (κ1) is 18.8. The molecule has 1 saturated carbocycles. The average Bonchev–Trinajstić information content (AvgIpc) is 3.14. The Morgan fingerprint density at radius 1 is 1.07 bits per heavy atom. The lowest BCUT2D eigenvalue weighted by atomic mass is 9.89. The van der Waals surface area contributed by atoms with E-state index in [9.17, 15) is 9.59 Å². The molecule has 0 atom stereocenters. The van der Waals surface area contributed by atoms with E-state index < -0.39 is 0 Å². The zero-order chi connectivity index (χ0) is 19.5. The SMILES string of the molecule is CCOC(=O)N1CCN(C(=O)c2nc(C3CCCCC3)n3ccccc23)CC1. The largest absolute Gasteiger partial charge is 0.450 e. The zero-order valence-corrected chi connectivity index (χ0v) is 16.5. The number of piperazine rings is 1. The van der Waals surface area contributed by atoms with E-state index in [0.29, 0.717) is 44.4 Å². The lowest BCUT2D eigenvalue weighted by molar-refractivity contribution is 0.0567. The third-order valence-electron chi connectivity index (χ3n) is 5.84. The van der Waals surface area contributed by atoms with E-state index in [1.165, 1.54) is 19.3 Å². The van der Waals surface area contributed by atoms with Crippen molar-refractivity contribution in [3.05, 3.63) is 35.9 Å². The van der Waals surface area contributed by atoms with Crippen LogP contribution in [0, 0.1) is 0 Å². The minimum Gasteiger partial charge on any atom is -0.450 e. The second-order valence-corrected chi connectivity index (χ2v) is 7.59. The maximum absolute atomic E-state index is 13.2. The number of pyridine rings is 1. The Morgan fingerprint density at radius 2 is 1.79 bits per heavy atom. The van der Waals surface area contributed by atoms with Crippen molar-refractivity contribution in [1.29, 1.82) is 0 Å². The molecule has 0 bridgehead atoms. The highest BCUT2D eigenvalue weighted by atomic mass is 16.6. The van der Waals surface area contributed by atoms with Gasteiger partial charge in [-0.2, -0.15) is 0 Å². The molecule has 0 unspecified atom stereocenters. The first-order valence-corrected chi connectivity index (χ1v) is 10.4. The van der Waals surface area contributed by atoms with E-state index in [2.05, 4.69) is 4.40 Å². The quantitative estimate of drug-likeness (QED) is 0.814. The molecule has 2 aromatic rings. The smallest absolute Gasteiger partial charge is 0.409 e. The third kappa shape index (κ3) is 3.57. The molecule has 1 saturated heterocycles. The highest BCUT2D eigenvalue weighted by Gasteiger charge is 2.30. The van der Waals surface area contributed by atoms with Crippen LogP contribution in [0.4, 0.5) is 4.79 Å². The zero-order valence-electron chi connectivity index (χ0n) is 16.5. The molecule has 0 radical (unpaired) electrons. The molecule has 3 heterocycles. The van der Waals surface area contributed by atoms with Gasteiger partial charge in [0.2, 0.25) is 0 Å². The van der Waals surface area contributed by atoms with Crippen molar-refractivity contribution >= 4 is 17.5 Å². The highest BCUT2D eigenvalue weighted by Crippen LogP contribution is 2.33. The number of fused-ring (bicyclic) bond motifs is 1. The lowest BCUT2D eigenvalue weighted by Gasteiger charge is -2.33. The second-order valence-electron chi connectivity index (χ2n) is 7.59. The number of amides is 2. The second kappa shape index (κ2) is 8.20. The van der Waals surface area contributed by atoms with Crippen molar-refractivity contribution in [3.8, 4) is 0 Å². The standard InChI is InChI=1S/C21H28N4O3/c1-2-28-21(27)24-14-12-23(13-15-24)20(26)18-17-10-6-7-11-25(17)19(22-18)16-8-4-3-5-9-16/h6-7,10-11,16H,2-5,8-9,12-15H2,1H3. The van der Waals surface area contributed by atoms with Crippen LogP contribution in [0.15, 0.2) is 24.4 Å². The van der Waals surface area contributed by atoms with Gasteiger partial charge in [-0.15, -0.1) is 0 Å². The molecule has 0 N–H and O–H groups in total. The maximum Gasteiger partial charge on any atom is 0.409 e. The van der Waals surface area contributed by atoms with Gasteiger partial charge >= 0.3 is 6.09 Å². The number of carbonyl (C=O) groups excluding carboxylic acids is 2. The van der Waals surface area contributed by atoms with E-state index in [-0.39, 0.29) is 12.0 Å². The summed E-state index contributed by atoms with van der Waals surface area (Å²) < 4.78 is 7.15. The molecule has 2 fully saturated rings.